The number of pyridine rings is 2. The molecule has 2 aromatic heterocycles. The van der Waals surface area contributed by atoms with E-state index in [1.54, 1.807) is 19.2 Å². The molecule has 0 fully saturated rings. The number of amides is 1. The summed E-state index contributed by atoms with van der Waals surface area (Å²) in [6.07, 6.45) is 3.09. The number of fused-ring (bicyclic) bond motifs is 1. The van der Waals surface area contributed by atoms with E-state index in [0.29, 0.717) is 16.9 Å². The average molecular weight is 279 g/mol. The standard InChI is InChI=1S/C16H13N3O2/c1-10-8-14(20)12(9-18-10)16(21)19-13-6-2-4-11-5-3-7-17-15(11)13/h2-9H,1H3,(H,18,20)(H,19,21). The number of aromatic amines is 1. The molecule has 3 aromatic rings. The highest BCUT2D eigenvalue weighted by atomic mass is 16.2. The number of anilines is 1. The summed E-state index contributed by atoms with van der Waals surface area (Å²) in [5.41, 5.74) is 1.75. The predicted molar refractivity (Wildman–Crippen MR) is 81.5 cm³/mol. The molecular weight excluding hydrogens is 266 g/mol. The Hall–Kier alpha value is -2.95. The fraction of sp³-hybridized carbons (Fsp3) is 0.0625. The summed E-state index contributed by atoms with van der Waals surface area (Å²) in [7, 11) is 0. The van der Waals surface area contributed by atoms with E-state index in [4.69, 9.17) is 0 Å². The molecule has 0 aliphatic rings. The average Bonchev–Trinajstić information content (AvgIpc) is 2.47. The number of rotatable bonds is 2. The van der Waals surface area contributed by atoms with Crippen molar-refractivity contribution in [1.82, 2.24) is 9.97 Å². The molecule has 0 unspecified atom stereocenters. The first kappa shape index (κ1) is 13.1. The first-order valence-electron chi connectivity index (χ1n) is 6.49. The lowest BCUT2D eigenvalue weighted by Gasteiger charge is -2.07. The number of hydrogen-bond donors (Lipinski definition) is 2. The molecule has 2 heterocycles. The van der Waals surface area contributed by atoms with Crippen LogP contribution < -0.4 is 10.7 Å². The quantitative estimate of drug-likeness (QED) is 0.756. The van der Waals surface area contributed by atoms with Gasteiger partial charge in [0, 0.05) is 29.5 Å². The summed E-state index contributed by atoms with van der Waals surface area (Å²) in [6.45, 7) is 1.76. The summed E-state index contributed by atoms with van der Waals surface area (Å²) < 4.78 is 0. The minimum atomic E-state index is -0.450. The number of nitrogens with one attached hydrogen (secondary N) is 2. The Kier molecular flexibility index (Phi) is 3.23. The highest BCUT2D eigenvalue weighted by molar-refractivity contribution is 6.08. The van der Waals surface area contributed by atoms with Crippen LogP contribution in [-0.4, -0.2) is 15.9 Å². The molecule has 1 amide bonds. The van der Waals surface area contributed by atoms with Gasteiger partial charge in [-0.05, 0) is 19.1 Å². The van der Waals surface area contributed by atoms with Crippen LogP contribution in [0, 0.1) is 6.92 Å². The molecule has 0 bridgehead atoms. The van der Waals surface area contributed by atoms with E-state index in [1.165, 1.54) is 12.3 Å². The molecule has 0 aliphatic carbocycles. The van der Waals surface area contributed by atoms with E-state index in [1.807, 2.05) is 24.3 Å². The van der Waals surface area contributed by atoms with Crippen LogP contribution in [0.4, 0.5) is 5.69 Å². The Labute approximate surface area is 120 Å². The Morgan fingerprint density at radius 3 is 2.86 bits per heavy atom. The van der Waals surface area contributed by atoms with Crippen molar-refractivity contribution in [2.24, 2.45) is 0 Å². The molecule has 21 heavy (non-hydrogen) atoms. The fourth-order valence-electron chi connectivity index (χ4n) is 2.15. The molecule has 5 heteroatoms. The van der Waals surface area contributed by atoms with Crippen molar-refractivity contribution < 1.29 is 4.79 Å². The maximum atomic E-state index is 12.2. The van der Waals surface area contributed by atoms with E-state index in [0.717, 1.165) is 5.39 Å². The van der Waals surface area contributed by atoms with Gasteiger partial charge >= 0.3 is 0 Å². The molecule has 0 radical (unpaired) electrons. The van der Waals surface area contributed by atoms with Gasteiger partial charge in [-0.15, -0.1) is 0 Å². The molecule has 104 valence electrons. The Bertz CT molecular complexity index is 879. The number of hydrogen-bond acceptors (Lipinski definition) is 3. The molecule has 0 saturated heterocycles. The molecule has 1 aromatic carbocycles. The zero-order valence-corrected chi connectivity index (χ0v) is 11.4. The van der Waals surface area contributed by atoms with Crippen LogP contribution >= 0.6 is 0 Å². The van der Waals surface area contributed by atoms with E-state index in [-0.39, 0.29) is 11.0 Å². The minimum Gasteiger partial charge on any atom is -0.364 e. The number of nitrogens with zero attached hydrogens (tertiary/aromatic N) is 1. The number of benzene rings is 1. The maximum absolute atomic E-state index is 12.2. The van der Waals surface area contributed by atoms with Crippen LogP contribution in [0.5, 0.6) is 0 Å². The van der Waals surface area contributed by atoms with Crippen molar-refractivity contribution in [2.45, 2.75) is 6.92 Å². The third kappa shape index (κ3) is 2.53. The van der Waals surface area contributed by atoms with Crippen LogP contribution in [0.2, 0.25) is 0 Å². The maximum Gasteiger partial charge on any atom is 0.261 e. The molecule has 0 saturated carbocycles. The Balaban J connectivity index is 1.99. The highest BCUT2D eigenvalue weighted by Gasteiger charge is 2.12. The van der Waals surface area contributed by atoms with Gasteiger partial charge in [0.2, 0.25) is 0 Å². The van der Waals surface area contributed by atoms with E-state index >= 15 is 0 Å². The number of H-pyrrole nitrogens is 1. The molecular formula is C16H13N3O2. The molecule has 0 atom stereocenters. The van der Waals surface area contributed by atoms with Gasteiger partial charge in [-0.25, -0.2) is 0 Å². The first-order chi connectivity index (χ1) is 10.1. The summed E-state index contributed by atoms with van der Waals surface area (Å²) in [6, 6.07) is 10.6. The van der Waals surface area contributed by atoms with Gasteiger partial charge in [0.25, 0.3) is 5.91 Å². The van der Waals surface area contributed by atoms with Gasteiger partial charge in [-0.3, -0.25) is 14.6 Å². The zero-order chi connectivity index (χ0) is 14.8. The van der Waals surface area contributed by atoms with E-state index in [9.17, 15) is 9.59 Å². The molecule has 5 nitrogen and oxygen atoms in total. The molecule has 3 rings (SSSR count). The predicted octanol–water partition coefficient (Wildman–Crippen LogP) is 2.48. The largest absolute Gasteiger partial charge is 0.364 e. The first-order valence-corrected chi connectivity index (χ1v) is 6.49. The number of carbonyl (C=O) groups is 1. The fourth-order valence-corrected chi connectivity index (χ4v) is 2.15. The normalized spacial score (nSPS) is 10.5. The van der Waals surface area contributed by atoms with Crippen molar-refractivity contribution in [3.8, 4) is 0 Å². The van der Waals surface area contributed by atoms with Crippen molar-refractivity contribution in [3.63, 3.8) is 0 Å². The number of para-hydroxylation sites is 1. The second-order valence-electron chi connectivity index (χ2n) is 4.73. The summed E-state index contributed by atoms with van der Waals surface area (Å²) >= 11 is 0. The van der Waals surface area contributed by atoms with Crippen LogP contribution in [0.15, 0.2) is 53.6 Å². The van der Waals surface area contributed by atoms with Crippen molar-refractivity contribution in [1.29, 1.82) is 0 Å². The SMILES string of the molecule is Cc1cc(=O)c(C(=O)Nc2cccc3cccnc23)c[nH]1. The molecule has 2 N–H and O–H groups in total. The lowest BCUT2D eigenvalue weighted by Crippen LogP contribution is -2.21. The zero-order valence-electron chi connectivity index (χ0n) is 11.4. The summed E-state index contributed by atoms with van der Waals surface area (Å²) in [5, 5.41) is 3.66. The van der Waals surface area contributed by atoms with Crippen LogP contribution in [0.3, 0.4) is 0 Å². The van der Waals surface area contributed by atoms with Crippen molar-refractivity contribution >= 4 is 22.5 Å². The second-order valence-corrected chi connectivity index (χ2v) is 4.73. The van der Waals surface area contributed by atoms with Gasteiger partial charge in [-0.1, -0.05) is 18.2 Å². The Morgan fingerprint density at radius 1 is 1.24 bits per heavy atom. The number of aryl methyl sites for hydroxylation is 1. The van der Waals surface area contributed by atoms with Crippen molar-refractivity contribution in [2.75, 3.05) is 5.32 Å². The van der Waals surface area contributed by atoms with Gasteiger partial charge in [0.05, 0.1) is 11.2 Å². The summed E-state index contributed by atoms with van der Waals surface area (Å²) in [5.74, 6) is -0.450. The van der Waals surface area contributed by atoms with Crippen LogP contribution in [-0.2, 0) is 0 Å². The minimum absolute atomic E-state index is 0.0773. The van der Waals surface area contributed by atoms with Crippen LogP contribution in [0.1, 0.15) is 16.1 Å². The monoisotopic (exact) mass is 279 g/mol. The lowest BCUT2D eigenvalue weighted by atomic mass is 10.1. The van der Waals surface area contributed by atoms with Gasteiger partial charge < -0.3 is 10.3 Å². The third-order valence-electron chi connectivity index (χ3n) is 3.18. The smallest absolute Gasteiger partial charge is 0.261 e. The van der Waals surface area contributed by atoms with E-state index < -0.39 is 5.91 Å². The topological polar surface area (TPSA) is 74.8 Å². The molecule has 0 spiro atoms. The molecule has 0 aliphatic heterocycles. The number of carbonyl (C=O) groups excluding carboxylic acids is 1. The van der Waals surface area contributed by atoms with Crippen molar-refractivity contribution in [3.05, 3.63) is 70.3 Å². The Morgan fingerprint density at radius 2 is 2.05 bits per heavy atom. The van der Waals surface area contributed by atoms with E-state index in [2.05, 4.69) is 15.3 Å². The van der Waals surface area contributed by atoms with Gasteiger partial charge in [-0.2, -0.15) is 0 Å². The summed E-state index contributed by atoms with van der Waals surface area (Å²) in [4.78, 5) is 31.2. The third-order valence-corrected chi connectivity index (χ3v) is 3.18. The van der Waals surface area contributed by atoms with Crippen LogP contribution in [0.25, 0.3) is 10.9 Å². The van der Waals surface area contributed by atoms with Gasteiger partial charge in [0.15, 0.2) is 5.43 Å². The lowest BCUT2D eigenvalue weighted by molar-refractivity contribution is 0.102. The second kappa shape index (κ2) is 5.20. The highest BCUT2D eigenvalue weighted by Crippen LogP contribution is 2.20. The van der Waals surface area contributed by atoms with Gasteiger partial charge in [0.1, 0.15) is 5.56 Å². The number of aromatic nitrogens is 2.